The molecule has 6 N–H and O–H groups in total. The number of fused-ring (bicyclic) bond motifs is 2. The first-order valence-electron chi connectivity index (χ1n) is 16.7. The normalized spacial score (nSPS) is 38.0. The Morgan fingerprint density at radius 1 is 0.814 bits per heavy atom. The van der Waals surface area contributed by atoms with Crippen molar-refractivity contribution in [3.05, 3.63) is 34.8 Å². The molecule has 5 fully saturated rings. The molecule has 11 heteroatoms. The number of hydrogen-bond acceptors (Lipinski definition) is 8. The second-order valence-corrected chi connectivity index (χ2v) is 13.1. The van der Waals surface area contributed by atoms with E-state index in [9.17, 15) is 10.2 Å². The molecule has 3 saturated heterocycles. The number of hydrazone groups is 2. The Balaban J connectivity index is 0.000000192. The Hall–Kier alpha value is -1.46. The van der Waals surface area contributed by atoms with E-state index in [0.717, 1.165) is 89.0 Å². The van der Waals surface area contributed by atoms with Crippen LogP contribution < -0.4 is 21.5 Å². The van der Waals surface area contributed by atoms with Crippen LogP contribution in [-0.4, -0.2) is 71.7 Å². The molecule has 4 heterocycles. The van der Waals surface area contributed by atoms with Gasteiger partial charge in [-0.3, -0.25) is 16.2 Å². The number of aliphatic hydroxyl groups is 2. The van der Waals surface area contributed by atoms with Crippen molar-refractivity contribution < 1.29 is 27.3 Å². The van der Waals surface area contributed by atoms with Crippen molar-refractivity contribution in [1.82, 2.24) is 21.5 Å². The van der Waals surface area contributed by atoms with Crippen molar-refractivity contribution >= 4 is 11.4 Å². The molecule has 0 aromatic rings. The Bertz CT molecular complexity index is 984. The van der Waals surface area contributed by atoms with Crippen molar-refractivity contribution in [2.75, 3.05) is 19.6 Å². The first kappa shape index (κ1) is 34.4. The van der Waals surface area contributed by atoms with Gasteiger partial charge in [-0.15, -0.1) is 25.2 Å². The number of rotatable bonds is 6. The Morgan fingerprint density at radius 2 is 1.44 bits per heavy atom. The van der Waals surface area contributed by atoms with Crippen molar-refractivity contribution in [3.63, 3.8) is 0 Å². The third-order valence-corrected chi connectivity index (χ3v) is 10.3. The molecule has 9 unspecified atom stereocenters. The minimum Gasteiger partial charge on any atom is -0.657 e. The average molecular weight is 646 g/mol. The topological polar surface area (TPSA) is 142 Å². The summed E-state index contributed by atoms with van der Waals surface area (Å²) in [6.45, 7) is 7.05. The van der Waals surface area contributed by atoms with E-state index in [1.165, 1.54) is 25.0 Å². The molecule has 10 nitrogen and oxygen atoms in total. The number of nitrogens with zero attached hydrogens (tertiary/aromatic N) is 4. The molecule has 0 aromatic carbocycles. The quantitative estimate of drug-likeness (QED) is 0.145. The summed E-state index contributed by atoms with van der Waals surface area (Å²) >= 11 is 0. The van der Waals surface area contributed by atoms with Crippen LogP contribution in [0.5, 0.6) is 0 Å². The molecule has 1 radical (unpaired) electrons. The van der Waals surface area contributed by atoms with Gasteiger partial charge in [0.25, 0.3) is 0 Å². The standard InChI is InChI=1S/C16H29N4O.C16H25N4O.Cu/c2*1-11(19-20-15-7-2-3-9-17-15)12-8-10-18-16-13(12)5-4-6-14(16)21;/h12-17,20-21H,2-10H2,1H3;3,7,9,12-14,16-17,20-21H,2,4-6,8,10H2,1H3;/q2*-1;+2/b2*19-11+;. The van der Waals surface area contributed by atoms with Crippen LogP contribution in [0.1, 0.15) is 90.9 Å². The van der Waals surface area contributed by atoms with E-state index < -0.39 is 0 Å². The number of nitrogens with one attached hydrogen (secondary N) is 4. The maximum Gasteiger partial charge on any atom is 2.00 e. The van der Waals surface area contributed by atoms with E-state index in [1.807, 2.05) is 6.20 Å². The van der Waals surface area contributed by atoms with Crippen LogP contribution in [0.2, 0.25) is 0 Å². The van der Waals surface area contributed by atoms with Gasteiger partial charge in [-0.25, -0.2) is 0 Å². The Morgan fingerprint density at radius 3 is 2.00 bits per heavy atom. The molecule has 43 heavy (non-hydrogen) atoms. The van der Waals surface area contributed by atoms with E-state index in [-0.39, 0.29) is 41.4 Å². The minimum absolute atomic E-state index is 0. The van der Waals surface area contributed by atoms with Crippen LogP contribution >= 0.6 is 0 Å². The van der Waals surface area contributed by atoms with Gasteiger partial charge in [0, 0.05) is 23.6 Å². The predicted octanol–water partition coefficient (Wildman–Crippen LogP) is 4.20. The zero-order valence-electron chi connectivity index (χ0n) is 26.0. The molecule has 0 amide bonds. The molecule has 2 aliphatic carbocycles. The van der Waals surface area contributed by atoms with Crippen LogP contribution in [0.25, 0.3) is 10.6 Å². The second kappa shape index (κ2) is 17.3. The molecule has 2 saturated carbocycles. The SMILES string of the molecule is C/C(=N\NC1=CCC=CN1)C1CC[N-]C2C(O)CCCC12.C/C(=N\NC1CCCCN1)C1CC[N-]C2C(O)CCCC12.[Cu+2]. The first-order chi connectivity index (χ1) is 20.5. The summed E-state index contributed by atoms with van der Waals surface area (Å²) in [4.78, 5) is 0. The van der Waals surface area contributed by atoms with Gasteiger partial charge in [0.2, 0.25) is 0 Å². The van der Waals surface area contributed by atoms with Gasteiger partial charge >= 0.3 is 17.1 Å². The fourth-order valence-electron chi connectivity index (χ4n) is 7.96. The Kier molecular flexibility index (Phi) is 13.8. The largest absolute Gasteiger partial charge is 2.00 e. The summed E-state index contributed by atoms with van der Waals surface area (Å²) in [7, 11) is 0. The van der Waals surface area contributed by atoms with Gasteiger partial charge in [0.1, 0.15) is 5.82 Å². The van der Waals surface area contributed by atoms with Gasteiger partial charge in [0.05, 0.1) is 6.17 Å². The van der Waals surface area contributed by atoms with Gasteiger partial charge in [-0.05, 0) is 94.9 Å². The number of piperidine rings is 3. The maximum absolute atomic E-state index is 10.2. The molecule has 245 valence electrons. The molecule has 9 atom stereocenters. The van der Waals surface area contributed by atoms with Crippen LogP contribution in [0, 0.1) is 23.7 Å². The fourth-order valence-corrected chi connectivity index (χ4v) is 7.96. The van der Waals surface area contributed by atoms with E-state index >= 15 is 0 Å². The first-order valence-corrected chi connectivity index (χ1v) is 16.7. The van der Waals surface area contributed by atoms with Crippen LogP contribution in [0.15, 0.2) is 34.4 Å². The zero-order chi connectivity index (χ0) is 29.3. The van der Waals surface area contributed by atoms with Crippen LogP contribution in [0.3, 0.4) is 0 Å². The maximum atomic E-state index is 10.2. The van der Waals surface area contributed by atoms with Crippen LogP contribution in [-0.2, 0) is 17.1 Å². The van der Waals surface area contributed by atoms with Gasteiger partial charge in [0.15, 0.2) is 0 Å². The molecule has 6 aliphatic rings. The minimum atomic E-state index is -0.250. The van der Waals surface area contributed by atoms with E-state index in [4.69, 9.17) is 0 Å². The van der Waals surface area contributed by atoms with Crippen molar-refractivity contribution in [2.45, 2.75) is 121 Å². The third kappa shape index (κ3) is 9.28. The van der Waals surface area contributed by atoms with E-state index in [1.54, 1.807) is 0 Å². The van der Waals surface area contributed by atoms with Crippen molar-refractivity contribution in [2.24, 2.45) is 33.9 Å². The smallest absolute Gasteiger partial charge is 0.657 e. The molecule has 0 bridgehead atoms. The summed E-state index contributed by atoms with van der Waals surface area (Å²) in [5, 5.41) is 45.5. The van der Waals surface area contributed by atoms with E-state index in [0.29, 0.717) is 29.8 Å². The van der Waals surface area contributed by atoms with Crippen molar-refractivity contribution in [3.8, 4) is 0 Å². The van der Waals surface area contributed by atoms with E-state index in [2.05, 4.69) is 68.3 Å². The van der Waals surface area contributed by atoms with Gasteiger partial charge in [-0.1, -0.05) is 44.6 Å². The predicted molar refractivity (Wildman–Crippen MR) is 170 cm³/mol. The van der Waals surface area contributed by atoms with Crippen molar-refractivity contribution in [1.29, 1.82) is 0 Å². The van der Waals surface area contributed by atoms with Gasteiger partial charge < -0.3 is 26.2 Å². The van der Waals surface area contributed by atoms with Gasteiger partial charge in [-0.2, -0.15) is 10.2 Å². The summed E-state index contributed by atoms with van der Waals surface area (Å²) < 4.78 is 0. The number of hydrogen-bond donors (Lipinski definition) is 6. The third-order valence-electron chi connectivity index (χ3n) is 10.3. The molecule has 4 aliphatic heterocycles. The summed E-state index contributed by atoms with van der Waals surface area (Å²) in [6, 6.07) is 0.271. The van der Waals surface area contributed by atoms with Crippen LogP contribution in [0.4, 0.5) is 0 Å². The Labute approximate surface area is 269 Å². The monoisotopic (exact) mass is 645 g/mol. The second-order valence-electron chi connectivity index (χ2n) is 13.1. The fraction of sp³-hybridized carbons (Fsp3) is 0.812. The zero-order valence-corrected chi connectivity index (χ0v) is 27.0. The number of allylic oxidation sites excluding steroid dienone is 2. The average Bonchev–Trinajstić information content (AvgIpc) is 3.04. The molecular weight excluding hydrogens is 592 g/mol. The molecule has 0 spiro atoms. The number of dihydropyridines is 1. The summed E-state index contributed by atoms with van der Waals surface area (Å²) in [6.07, 6.45) is 19.1. The molecular formula is C32H54CuN8O2. The molecule has 0 aromatic heterocycles. The molecule has 6 rings (SSSR count). The summed E-state index contributed by atoms with van der Waals surface area (Å²) in [5.41, 5.74) is 8.75. The number of aliphatic hydroxyl groups excluding tert-OH is 2. The summed E-state index contributed by atoms with van der Waals surface area (Å²) in [5.74, 6) is 2.82.